The van der Waals surface area contributed by atoms with Gasteiger partial charge in [0.15, 0.2) is 11.5 Å². The summed E-state index contributed by atoms with van der Waals surface area (Å²) < 4.78 is 0. The summed E-state index contributed by atoms with van der Waals surface area (Å²) in [6, 6.07) is 10.3. The maximum atomic E-state index is 11.8. The van der Waals surface area contributed by atoms with Crippen molar-refractivity contribution >= 4 is 16.7 Å². The van der Waals surface area contributed by atoms with Crippen LogP contribution in [-0.4, -0.2) is 20.9 Å². The lowest BCUT2D eigenvalue weighted by Crippen LogP contribution is -2.02. The highest BCUT2D eigenvalue weighted by atomic mass is 16.3. The van der Waals surface area contributed by atoms with Crippen LogP contribution >= 0.6 is 0 Å². The Morgan fingerprint density at radius 3 is 2.52 bits per heavy atom. The van der Waals surface area contributed by atoms with E-state index in [1.54, 1.807) is 19.3 Å². The SMILES string of the molecule is CCC(=O)c1ncc2cc(Cc3ccc(C)cc3)cnc2c1O. The van der Waals surface area contributed by atoms with Crippen LogP contribution < -0.4 is 0 Å². The van der Waals surface area contributed by atoms with Gasteiger partial charge in [-0.05, 0) is 30.5 Å². The average Bonchev–Trinajstić information content (AvgIpc) is 2.56. The number of carbonyl (C=O) groups is 1. The van der Waals surface area contributed by atoms with Gasteiger partial charge in [0.05, 0.1) is 0 Å². The van der Waals surface area contributed by atoms with Crippen molar-refractivity contribution in [3.63, 3.8) is 0 Å². The van der Waals surface area contributed by atoms with Gasteiger partial charge in [0.2, 0.25) is 0 Å². The van der Waals surface area contributed by atoms with E-state index in [2.05, 4.69) is 41.2 Å². The van der Waals surface area contributed by atoms with E-state index in [9.17, 15) is 9.90 Å². The molecule has 2 heterocycles. The molecule has 0 aliphatic rings. The van der Waals surface area contributed by atoms with E-state index in [0.717, 1.165) is 17.4 Å². The highest BCUT2D eigenvalue weighted by molar-refractivity contribution is 6.01. The predicted molar refractivity (Wildman–Crippen MR) is 89.8 cm³/mol. The molecule has 0 bridgehead atoms. The number of hydrogen-bond donors (Lipinski definition) is 1. The molecule has 0 fully saturated rings. The first-order valence-electron chi connectivity index (χ1n) is 7.64. The molecule has 0 aliphatic heterocycles. The van der Waals surface area contributed by atoms with Crippen LogP contribution in [0.15, 0.2) is 42.7 Å². The largest absolute Gasteiger partial charge is 0.504 e. The number of carbonyl (C=O) groups excluding carboxylic acids is 1. The number of pyridine rings is 2. The van der Waals surface area contributed by atoms with Gasteiger partial charge in [0.1, 0.15) is 11.2 Å². The molecule has 0 atom stereocenters. The van der Waals surface area contributed by atoms with E-state index < -0.39 is 0 Å². The first-order valence-corrected chi connectivity index (χ1v) is 7.64. The zero-order chi connectivity index (χ0) is 16.4. The molecule has 1 N–H and O–H groups in total. The maximum Gasteiger partial charge on any atom is 0.184 e. The van der Waals surface area contributed by atoms with E-state index in [-0.39, 0.29) is 17.2 Å². The Morgan fingerprint density at radius 2 is 1.83 bits per heavy atom. The Morgan fingerprint density at radius 1 is 1.09 bits per heavy atom. The van der Waals surface area contributed by atoms with Crippen molar-refractivity contribution in [1.82, 2.24) is 9.97 Å². The molecule has 0 aliphatic carbocycles. The average molecular weight is 306 g/mol. The zero-order valence-corrected chi connectivity index (χ0v) is 13.2. The Bertz CT molecular complexity index is 870. The molecule has 3 rings (SSSR count). The number of fused-ring (bicyclic) bond motifs is 1. The highest BCUT2D eigenvalue weighted by Gasteiger charge is 2.15. The lowest BCUT2D eigenvalue weighted by Gasteiger charge is -2.07. The first-order chi connectivity index (χ1) is 11.1. The van der Waals surface area contributed by atoms with Crippen LogP contribution in [0.1, 0.15) is 40.5 Å². The Balaban J connectivity index is 1.96. The van der Waals surface area contributed by atoms with E-state index in [4.69, 9.17) is 0 Å². The standard InChI is InChI=1S/C19H18N2O2/c1-3-16(22)18-19(23)17-15(11-21-18)9-14(10-20-17)8-13-6-4-12(2)5-7-13/h4-7,9-11,23H,3,8H2,1-2H3. The maximum absolute atomic E-state index is 11.8. The topological polar surface area (TPSA) is 63.1 Å². The summed E-state index contributed by atoms with van der Waals surface area (Å²) in [5.74, 6) is -0.314. The minimum Gasteiger partial charge on any atom is -0.504 e. The second-order valence-electron chi connectivity index (χ2n) is 5.68. The normalized spacial score (nSPS) is 10.9. The quantitative estimate of drug-likeness (QED) is 0.744. The van der Waals surface area contributed by atoms with Crippen LogP contribution in [-0.2, 0) is 6.42 Å². The molecular weight excluding hydrogens is 288 g/mol. The molecule has 0 unspecified atom stereocenters. The zero-order valence-electron chi connectivity index (χ0n) is 13.2. The van der Waals surface area contributed by atoms with E-state index in [1.165, 1.54) is 11.1 Å². The molecule has 116 valence electrons. The number of Topliss-reactive ketones (excluding diaryl/α,β-unsaturated/α-hetero) is 1. The third-order valence-corrected chi connectivity index (χ3v) is 3.87. The summed E-state index contributed by atoms with van der Waals surface area (Å²) in [6.45, 7) is 3.80. The van der Waals surface area contributed by atoms with Crippen LogP contribution in [0.4, 0.5) is 0 Å². The lowest BCUT2D eigenvalue weighted by atomic mass is 10.0. The van der Waals surface area contributed by atoms with Crippen molar-refractivity contribution in [2.75, 3.05) is 0 Å². The van der Waals surface area contributed by atoms with E-state index in [1.807, 2.05) is 6.07 Å². The third-order valence-electron chi connectivity index (χ3n) is 3.87. The minimum absolute atomic E-state index is 0.0961. The van der Waals surface area contributed by atoms with Crippen LogP contribution in [0, 0.1) is 6.92 Å². The summed E-state index contributed by atoms with van der Waals surface area (Å²) in [5, 5.41) is 11.0. The number of aryl methyl sites for hydroxylation is 1. The second-order valence-corrected chi connectivity index (χ2v) is 5.68. The molecule has 0 radical (unpaired) electrons. The summed E-state index contributed by atoms with van der Waals surface area (Å²) in [4.78, 5) is 20.2. The molecule has 4 heteroatoms. The molecule has 0 spiro atoms. The Hall–Kier alpha value is -2.75. The van der Waals surface area contributed by atoms with Crippen LogP contribution in [0.2, 0.25) is 0 Å². The monoisotopic (exact) mass is 306 g/mol. The smallest absolute Gasteiger partial charge is 0.184 e. The van der Waals surface area contributed by atoms with Gasteiger partial charge in [0.25, 0.3) is 0 Å². The molecule has 3 aromatic rings. The van der Waals surface area contributed by atoms with Crippen molar-refractivity contribution in [1.29, 1.82) is 0 Å². The highest BCUT2D eigenvalue weighted by Crippen LogP contribution is 2.27. The summed E-state index contributed by atoms with van der Waals surface area (Å²) in [5.41, 5.74) is 3.99. The molecule has 0 saturated heterocycles. The molecule has 2 aromatic heterocycles. The lowest BCUT2D eigenvalue weighted by molar-refractivity contribution is 0.0981. The van der Waals surface area contributed by atoms with Crippen molar-refractivity contribution in [3.8, 4) is 5.75 Å². The fourth-order valence-corrected chi connectivity index (χ4v) is 2.54. The number of hydrogen-bond acceptors (Lipinski definition) is 4. The minimum atomic E-state index is -0.185. The summed E-state index contributed by atoms with van der Waals surface area (Å²) in [7, 11) is 0. The number of aromatic hydroxyl groups is 1. The van der Waals surface area contributed by atoms with Crippen molar-refractivity contribution < 1.29 is 9.90 Å². The number of rotatable bonds is 4. The fourth-order valence-electron chi connectivity index (χ4n) is 2.54. The third kappa shape index (κ3) is 3.06. The number of ketones is 1. The van der Waals surface area contributed by atoms with Gasteiger partial charge in [0, 0.05) is 24.2 Å². The molecule has 4 nitrogen and oxygen atoms in total. The van der Waals surface area contributed by atoms with Gasteiger partial charge in [-0.15, -0.1) is 0 Å². The van der Waals surface area contributed by atoms with Crippen molar-refractivity contribution in [2.24, 2.45) is 0 Å². The van der Waals surface area contributed by atoms with Gasteiger partial charge >= 0.3 is 0 Å². The van der Waals surface area contributed by atoms with Crippen molar-refractivity contribution in [3.05, 3.63) is 65.1 Å². The van der Waals surface area contributed by atoms with Crippen LogP contribution in [0.3, 0.4) is 0 Å². The van der Waals surface area contributed by atoms with Crippen molar-refractivity contribution in [2.45, 2.75) is 26.7 Å². The molecule has 0 saturated carbocycles. The number of benzene rings is 1. The van der Waals surface area contributed by atoms with Gasteiger partial charge in [-0.3, -0.25) is 9.78 Å². The van der Waals surface area contributed by atoms with Crippen LogP contribution in [0.25, 0.3) is 10.9 Å². The first kappa shape index (κ1) is 15.2. The van der Waals surface area contributed by atoms with Crippen LogP contribution in [0.5, 0.6) is 5.75 Å². The Labute approximate surface area is 134 Å². The van der Waals surface area contributed by atoms with Gasteiger partial charge < -0.3 is 5.11 Å². The summed E-state index contributed by atoms with van der Waals surface area (Å²) >= 11 is 0. The van der Waals surface area contributed by atoms with E-state index >= 15 is 0 Å². The molecule has 0 amide bonds. The second kappa shape index (κ2) is 6.16. The molecular formula is C19H18N2O2. The number of aromatic nitrogens is 2. The molecule has 23 heavy (non-hydrogen) atoms. The van der Waals surface area contributed by atoms with Gasteiger partial charge in [-0.25, -0.2) is 4.98 Å². The number of nitrogens with zero attached hydrogens (tertiary/aromatic N) is 2. The summed E-state index contributed by atoms with van der Waals surface area (Å²) in [6.07, 6.45) is 4.41. The molecule has 1 aromatic carbocycles. The van der Waals surface area contributed by atoms with E-state index in [0.29, 0.717) is 11.9 Å². The predicted octanol–water partition coefficient (Wildman–Crippen LogP) is 3.83. The Kier molecular flexibility index (Phi) is 4.06. The fraction of sp³-hybridized carbons (Fsp3) is 0.211. The van der Waals surface area contributed by atoms with Gasteiger partial charge in [-0.1, -0.05) is 36.8 Å². The van der Waals surface area contributed by atoms with Gasteiger partial charge in [-0.2, -0.15) is 0 Å².